The number of amides is 2. The van der Waals surface area contributed by atoms with Gasteiger partial charge in [0, 0.05) is 11.3 Å². The van der Waals surface area contributed by atoms with Crippen LogP contribution in [0.4, 0.5) is 5.69 Å². The number of anilines is 1. The zero-order valence-electron chi connectivity index (χ0n) is 17.0. The largest absolute Gasteiger partial charge is 0.494 e. The smallest absolute Gasteiger partial charge is 0.269 e. The van der Waals surface area contributed by atoms with Crippen LogP contribution in [0.3, 0.4) is 0 Å². The molecule has 0 spiro atoms. The molecule has 0 radical (unpaired) electrons. The summed E-state index contributed by atoms with van der Waals surface area (Å²) in [5, 5.41) is 3.06. The van der Waals surface area contributed by atoms with Gasteiger partial charge in [0.25, 0.3) is 11.8 Å². The lowest BCUT2D eigenvalue weighted by Crippen LogP contribution is -2.44. The number of hydrogen-bond acceptors (Lipinski definition) is 4. The van der Waals surface area contributed by atoms with Crippen LogP contribution in [0.1, 0.15) is 41.8 Å². The van der Waals surface area contributed by atoms with Crippen molar-refractivity contribution in [1.29, 1.82) is 0 Å². The summed E-state index contributed by atoms with van der Waals surface area (Å²) in [4.78, 5) is 24.1. The molecule has 0 fully saturated rings. The predicted molar refractivity (Wildman–Crippen MR) is 111 cm³/mol. The molecule has 0 aromatic heterocycles. The monoisotopic (exact) mass is 383 g/mol. The van der Waals surface area contributed by atoms with Gasteiger partial charge in [-0.05, 0) is 62.1 Å². The molecular weight excluding hydrogens is 354 g/mol. The van der Waals surface area contributed by atoms with Crippen molar-refractivity contribution < 1.29 is 14.3 Å². The highest BCUT2D eigenvalue weighted by atomic mass is 16.5. The zero-order valence-corrected chi connectivity index (χ0v) is 17.0. The summed E-state index contributed by atoms with van der Waals surface area (Å²) in [6.07, 6.45) is 0.977. The first kappa shape index (κ1) is 21.3. The van der Waals surface area contributed by atoms with Gasteiger partial charge in [0.05, 0.1) is 13.2 Å². The summed E-state index contributed by atoms with van der Waals surface area (Å²) >= 11 is 0. The first-order valence-electron chi connectivity index (χ1n) is 9.48. The van der Waals surface area contributed by atoms with Gasteiger partial charge in [-0.1, -0.05) is 31.5 Å². The van der Waals surface area contributed by atoms with E-state index in [1.165, 1.54) is 0 Å². The van der Waals surface area contributed by atoms with Crippen LogP contribution in [0, 0.1) is 19.8 Å². The minimum absolute atomic E-state index is 0.0623. The van der Waals surface area contributed by atoms with E-state index < -0.39 is 0 Å². The Morgan fingerprint density at radius 2 is 1.71 bits per heavy atom. The van der Waals surface area contributed by atoms with Crippen molar-refractivity contribution in [3.8, 4) is 5.75 Å². The lowest BCUT2D eigenvalue weighted by molar-refractivity contribution is -0.120. The summed E-state index contributed by atoms with van der Waals surface area (Å²) in [7, 11) is 0. The van der Waals surface area contributed by atoms with Crippen molar-refractivity contribution in [2.24, 2.45) is 5.92 Å². The average Bonchev–Trinajstić information content (AvgIpc) is 2.65. The molecule has 2 aromatic rings. The number of ether oxygens (including phenoxy) is 1. The van der Waals surface area contributed by atoms with Gasteiger partial charge in [0.2, 0.25) is 0 Å². The number of benzene rings is 2. The van der Waals surface area contributed by atoms with Gasteiger partial charge in [-0.2, -0.15) is 0 Å². The normalized spacial score (nSPS) is 10.5. The molecule has 150 valence electrons. The van der Waals surface area contributed by atoms with Gasteiger partial charge < -0.3 is 10.1 Å². The van der Waals surface area contributed by atoms with E-state index in [4.69, 9.17) is 4.74 Å². The van der Waals surface area contributed by atoms with Gasteiger partial charge in [-0.15, -0.1) is 0 Å². The van der Waals surface area contributed by atoms with E-state index in [-0.39, 0.29) is 18.4 Å². The standard InChI is InChI=1S/C22H29N3O3/c1-15(2)11-12-28-19-8-6-18(7-9-19)22(27)25-24-21(26)14-23-20-10-5-16(3)13-17(20)4/h5-10,13,15,23H,11-12,14H2,1-4H3,(H,24,26)(H,25,27). The zero-order chi connectivity index (χ0) is 20.5. The molecule has 2 amide bonds. The van der Waals surface area contributed by atoms with E-state index in [1.807, 2.05) is 32.0 Å². The third-order valence-corrected chi connectivity index (χ3v) is 4.22. The van der Waals surface area contributed by atoms with Gasteiger partial charge in [0.15, 0.2) is 0 Å². The predicted octanol–water partition coefficient (Wildman–Crippen LogP) is 3.60. The molecule has 0 aliphatic heterocycles. The third kappa shape index (κ3) is 6.95. The highest BCUT2D eigenvalue weighted by molar-refractivity contribution is 5.95. The minimum Gasteiger partial charge on any atom is -0.494 e. The number of nitrogens with one attached hydrogen (secondary N) is 3. The quantitative estimate of drug-likeness (QED) is 0.609. The van der Waals surface area contributed by atoms with Gasteiger partial charge in [-0.25, -0.2) is 0 Å². The van der Waals surface area contributed by atoms with Crippen molar-refractivity contribution in [2.45, 2.75) is 34.1 Å². The second-order valence-corrected chi connectivity index (χ2v) is 7.23. The Hall–Kier alpha value is -3.02. The summed E-state index contributed by atoms with van der Waals surface area (Å²) in [5.74, 6) is 0.590. The van der Waals surface area contributed by atoms with E-state index in [0.717, 1.165) is 29.0 Å². The molecule has 0 unspecified atom stereocenters. The molecule has 28 heavy (non-hydrogen) atoms. The van der Waals surface area contributed by atoms with Crippen LogP contribution in [0.25, 0.3) is 0 Å². The third-order valence-electron chi connectivity index (χ3n) is 4.22. The highest BCUT2D eigenvalue weighted by Crippen LogP contribution is 2.15. The lowest BCUT2D eigenvalue weighted by atomic mass is 10.1. The Labute approximate surface area is 166 Å². The molecule has 3 N–H and O–H groups in total. The fourth-order valence-electron chi connectivity index (χ4n) is 2.55. The molecular formula is C22H29N3O3. The molecule has 0 bridgehead atoms. The maximum absolute atomic E-state index is 12.1. The first-order chi connectivity index (χ1) is 13.3. The van der Waals surface area contributed by atoms with E-state index >= 15 is 0 Å². The molecule has 0 aliphatic carbocycles. The second kappa shape index (κ2) is 10.3. The molecule has 6 nitrogen and oxygen atoms in total. The van der Waals surface area contributed by atoms with Gasteiger partial charge in [-0.3, -0.25) is 20.4 Å². The molecule has 0 heterocycles. The van der Waals surface area contributed by atoms with Gasteiger partial charge in [0.1, 0.15) is 5.75 Å². The molecule has 0 aliphatic rings. The number of carbonyl (C=O) groups excluding carboxylic acids is 2. The second-order valence-electron chi connectivity index (χ2n) is 7.23. The maximum Gasteiger partial charge on any atom is 0.269 e. The Morgan fingerprint density at radius 3 is 2.36 bits per heavy atom. The van der Waals surface area contributed by atoms with Crippen LogP contribution in [0.15, 0.2) is 42.5 Å². The van der Waals surface area contributed by atoms with Crippen LogP contribution in [-0.4, -0.2) is 25.0 Å². The summed E-state index contributed by atoms with van der Waals surface area (Å²) in [5.41, 5.74) is 8.39. The van der Waals surface area contributed by atoms with Crippen LogP contribution < -0.4 is 20.9 Å². The summed E-state index contributed by atoms with van der Waals surface area (Å²) in [6, 6.07) is 12.8. The fourth-order valence-corrected chi connectivity index (χ4v) is 2.55. The highest BCUT2D eigenvalue weighted by Gasteiger charge is 2.08. The Morgan fingerprint density at radius 1 is 1.00 bits per heavy atom. The van der Waals surface area contributed by atoms with Crippen molar-refractivity contribution >= 4 is 17.5 Å². The lowest BCUT2D eigenvalue weighted by Gasteiger charge is -2.12. The average molecular weight is 383 g/mol. The van der Waals surface area contributed by atoms with Crippen LogP contribution in [0.5, 0.6) is 5.75 Å². The SMILES string of the molecule is Cc1ccc(NCC(=O)NNC(=O)c2ccc(OCCC(C)C)cc2)c(C)c1. The number of carbonyl (C=O) groups is 2. The molecule has 2 rings (SSSR count). The number of hydrazine groups is 1. The minimum atomic E-state index is -0.381. The Bertz CT molecular complexity index is 801. The number of hydrogen-bond donors (Lipinski definition) is 3. The van der Waals surface area contributed by atoms with Crippen LogP contribution in [0.2, 0.25) is 0 Å². The van der Waals surface area contributed by atoms with Crippen molar-refractivity contribution in [2.75, 3.05) is 18.5 Å². The fraction of sp³-hybridized carbons (Fsp3) is 0.364. The number of rotatable bonds is 8. The molecule has 0 saturated heterocycles. The van der Waals surface area contributed by atoms with E-state index in [0.29, 0.717) is 18.1 Å². The Balaban J connectivity index is 1.75. The number of aryl methyl sites for hydroxylation is 2. The maximum atomic E-state index is 12.1. The van der Waals surface area contributed by atoms with E-state index in [1.54, 1.807) is 24.3 Å². The van der Waals surface area contributed by atoms with E-state index in [9.17, 15) is 9.59 Å². The summed E-state index contributed by atoms with van der Waals surface area (Å²) < 4.78 is 5.63. The molecule has 6 heteroatoms. The van der Waals surface area contributed by atoms with Crippen LogP contribution in [-0.2, 0) is 4.79 Å². The van der Waals surface area contributed by atoms with Crippen LogP contribution >= 0.6 is 0 Å². The topological polar surface area (TPSA) is 79.5 Å². The van der Waals surface area contributed by atoms with Gasteiger partial charge >= 0.3 is 0 Å². The van der Waals surface area contributed by atoms with Crippen molar-refractivity contribution in [3.05, 3.63) is 59.2 Å². The van der Waals surface area contributed by atoms with Crippen molar-refractivity contribution in [3.63, 3.8) is 0 Å². The Kier molecular flexibility index (Phi) is 7.87. The molecule has 0 atom stereocenters. The first-order valence-corrected chi connectivity index (χ1v) is 9.48. The molecule has 2 aromatic carbocycles. The van der Waals surface area contributed by atoms with E-state index in [2.05, 4.69) is 30.0 Å². The van der Waals surface area contributed by atoms with Crippen molar-refractivity contribution in [1.82, 2.24) is 10.9 Å². The summed E-state index contributed by atoms with van der Waals surface area (Å²) in [6.45, 7) is 8.99. The molecule has 0 saturated carbocycles.